The van der Waals surface area contributed by atoms with Crippen molar-refractivity contribution in [3.05, 3.63) is 93.2 Å². The van der Waals surface area contributed by atoms with Crippen LogP contribution in [-0.4, -0.2) is 46.3 Å². The molecule has 12 heteroatoms. The molecule has 1 N–H and O–H groups in total. The van der Waals surface area contributed by atoms with Gasteiger partial charge in [-0.3, -0.25) is 4.52 Å². The summed E-state index contributed by atoms with van der Waals surface area (Å²) < 4.78 is 58.0. The van der Waals surface area contributed by atoms with Gasteiger partial charge in [-0.15, -0.1) is 6.42 Å². The lowest BCUT2D eigenvalue weighted by atomic mass is 9.79. The van der Waals surface area contributed by atoms with Crippen molar-refractivity contribution in [3.8, 4) is 35.3 Å². The first-order valence-corrected chi connectivity index (χ1v) is 23.3. The molecule has 62 heavy (non-hydrogen) atoms. The van der Waals surface area contributed by atoms with E-state index in [0.717, 1.165) is 27.8 Å². The Kier molecular flexibility index (Phi) is 16.4. The third-order valence-corrected chi connectivity index (χ3v) is 12.6. The lowest BCUT2D eigenvalue weighted by Crippen LogP contribution is -2.29. The molecule has 0 spiro atoms. The van der Waals surface area contributed by atoms with E-state index in [-0.39, 0.29) is 28.6 Å². The average Bonchev–Trinajstić information content (AvgIpc) is 3.19. The fourth-order valence-corrected chi connectivity index (χ4v) is 9.19. The number of benzene rings is 2. The van der Waals surface area contributed by atoms with Gasteiger partial charge in [-0.2, -0.15) is 0 Å². The zero-order valence-electron chi connectivity index (χ0n) is 40.5. The van der Waals surface area contributed by atoms with Crippen LogP contribution in [0.2, 0.25) is 0 Å². The van der Waals surface area contributed by atoms with E-state index in [2.05, 4.69) is 103 Å². The van der Waals surface area contributed by atoms with E-state index in [9.17, 15) is 5.11 Å². The first-order chi connectivity index (χ1) is 28.6. The Morgan fingerprint density at radius 3 is 1.92 bits per heavy atom. The zero-order valence-corrected chi connectivity index (χ0v) is 42.3. The molecule has 342 valence electrons. The molecule has 2 aliphatic rings. The summed E-state index contributed by atoms with van der Waals surface area (Å²) in [5.74, 6) is 5.81. The van der Waals surface area contributed by atoms with Gasteiger partial charge in [0.25, 0.3) is 0 Å². The van der Waals surface area contributed by atoms with Crippen molar-refractivity contribution in [1.82, 2.24) is 0 Å². The van der Waals surface area contributed by atoms with E-state index < -0.39 is 34.0 Å². The summed E-state index contributed by atoms with van der Waals surface area (Å²) in [6, 6.07) is 7.78. The standard InChI is InChI=1S/C50H72O10P2/c1-20-38(44(40(47(6,7)8)23-32(2)52-17)59-61-56-30-50(15,16)31-57-61)39-26-37(54-19)28-42(49(12,13)14)45(39)60-62-55-29-34(46(3,4)5)25-35(51)22-21-33-24-36(53-18)27-41(43(33)58-62)48(9,10)11/h1,22-28,38,51H,21,29-31H2,2-19H3/b32-23+,34-25+,35-22+,44-40-. The summed E-state index contributed by atoms with van der Waals surface area (Å²) in [6.45, 7) is 32.3. The van der Waals surface area contributed by atoms with Crippen LogP contribution in [0.1, 0.15) is 132 Å². The number of hydrogen-bond donors (Lipinski definition) is 1. The van der Waals surface area contributed by atoms with Crippen molar-refractivity contribution in [2.45, 2.75) is 127 Å². The smallest absolute Gasteiger partial charge is 0.463 e. The highest BCUT2D eigenvalue weighted by molar-refractivity contribution is 7.42. The van der Waals surface area contributed by atoms with Crippen LogP contribution in [0.25, 0.3) is 0 Å². The van der Waals surface area contributed by atoms with Gasteiger partial charge in [0.2, 0.25) is 0 Å². The Morgan fingerprint density at radius 1 is 0.823 bits per heavy atom. The lowest BCUT2D eigenvalue weighted by Gasteiger charge is -2.35. The van der Waals surface area contributed by atoms with E-state index >= 15 is 0 Å². The van der Waals surface area contributed by atoms with Gasteiger partial charge in [-0.1, -0.05) is 103 Å². The van der Waals surface area contributed by atoms with Crippen molar-refractivity contribution in [2.24, 2.45) is 16.2 Å². The van der Waals surface area contributed by atoms with E-state index in [0.29, 0.717) is 59.7 Å². The van der Waals surface area contributed by atoms with Crippen LogP contribution in [-0.2, 0) is 40.1 Å². The third kappa shape index (κ3) is 13.2. The Morgan fingerprint density at radius 2 is 1.40 bits per heavy atom. The summed E-state index contributed by atoms with van der Waals surface area (Å²) in [5.41, 5.74) is 2.83. The predicted octanol–water partition coefficient (Wildman–Crippen LogP) is 13.9. The van der Waals surface area contributed by atoms with Crippen molar-refractivity contribution >= 4 is 17.2 Å². The van der Waals surface area contributed by atoms with Crippen LogP contribution < -0.4 is 18.5 Å². The second kappa shape index (κ2) is 20.0. The maximum atomic E-state index is 11.3. The molecule has 2 heterocycles. The van der Waals surface area contributed by atoms with Gasteiger partial charge in [0.15, 0.2) is 0 Å². The molecule has 1 saturated heterocycles. The van der Waals surface area contributed by atoms with Crippen LogP contribution in [0, 0.1) is 28.6 Å². The molecular formula is C50H72O10P2. The number of aliphatic hydroxyl groups excluding tert-OH is 1. The largest absolute Gasteiger partial charge is 0.508 e. The average molecular weight is 895 g/mol. The van der Waals surface area contributed by atoms with Crippen molar-refractivity contribution in [1.29, 1.82) is 0 Å². The van der Waals surface area contributed by atoms with E-state index in [1.165, 1.54) is 0 Å². The van der Waals surface area contributed by atoms with Crippen LogP contribution in [0.4, 0.5) is 0 Å². The maximum absolute atomic E-state index is 11.3. The molecule has 1 fully saturated rings. The molecule has 0 saturated carbocycles. The minimum absolute atomic E-state index is 0.108. The number of aliphatic hydroxyl groups is 1. The zero-order chi connectivity index (χ0) is 46.6. The maximum Gasteiger partial charge on any atom is 0.463 e. The Labute approximate surface area is 375 Å². The van der Waals surface area contributed by atoms with Gasteiger partial charge in [0.1, 0.15) is 40.4 Å². The number of fused-ring (bicyclic) bond motifs is 1. The van der Waals surface area contributed by atoms with E-state index in [4.69, 9.17) is 47.8 Å². The molecule has 4 rings (SSSR count). The van der Waals surface area contributed by atoms with E-state index in [1.54, 1.807) is 33.5 Å². The van der Waals surface area contributed by atoms with Gasteiger partial charge in [-0.05, 0) is 83.1 Å². The number of allylic oxidation sites excluding steroid dienone is 6. The molecule has 0 bridgehead atoms. The van der Waals surface area contributed by atoms with Crippen molar-refractivity contribution in [2.75, 3.05) is 41.2 Å². The summed E-state index contributed by atoms with van der Waals surface area (Å²) in [7, 11) is 0.831. The van der Waals surface area contributed by atoms with Crippen LogP contribution in [0.3, 0.4) is 0 Å². The molecule has 0 radical (unpaired) electrons. The van der Waals surface area contributed by atoms with Crippen LogP contribution in [0.5, 0.6) is 23.0 Å². The molecule has 10 nitrogen and oxygen atoms in total. The quantitative estimate of drug-likeness (QED) is 0.107. The predicted molar refractivity (Wildman–Crippen MR) is 252 cm³/mol. The number of methoxy groups -OCH3 is 3. The summed E-state index contributed by atoms with van der Waals surface area (Å²) in [5, 5.41) is 11.3. The topological polar surface area (TPSA) is 103 Å². The summed E-state index contributed by atoms with van der Waals surface area (Å²) in [6.07, 6.45) is 12.6. The van der Waals surface area contributed by atoms with Gasteiger partial charge >= 0.3 is 17.2 Å². The second-order valence-electron chi connectivity index (χ2n) is 20.8. The fourth-order valence-electron chi connectivity index (χ4n) is 6.63. The molecule has 0 aliphatic carbocycles. The Bertz CT molecular complexity index is 2070. The first-order valence-electron chi connectivity index (χ1n) is 21.1. The lowest BCUT2D eigenvalue weighted by molar-refractivity contribution is 0.0342. The number of ether oxygens (including phenoxy) is 3. The number of rotatable bonds is 10. The monoisotopic (exact) mass is 894 g/mol. The number of hydrogen-bond acceptors (Lipinski definition) is 10. The van der Waals surface area contributed by atoms with Crippen molar-refractivity contribution < 1.29 is 46.5 Å². The fraction of sp³-hybridized carbons (Fsp3) is 0.560. The molecule has 0 aromatic heterocycles. The molecule has 0 amide bonds. The first kappa shape index (κ1) is 50.9. The normalized spacial score (nSPS) is 20.9. The molecule has 2 aromatic carbocycles. The minimum atomic E-state index is -2.24. The second-order valence-corrected chi connectivity index (χ2v) is 23.0. The highest BCUT2D eigenvalue weighted by Gasteiger charge is 2.39. The van der Waals surface area contributed by atoms with Gasteiger partial charge in [0.05, 0.1) is 46.9 Å². The molecule has 2 aliphatic heterocycles. The molecular weight excluding hydrogens is 822 g/mol. The van der Waals surface area contributed by atoms with Gasteiger partial charge in [-0.25, -0.2) is 0 Å². The molecule has 2 unspecified atom stereocenters. The summed E-state index contributed by atoms with van der Waals surface area (Å²) in [4.78, 5) is 0. The highest BCUT2D eigenvalue weighted by Crippen LogP contribution is 2.56. The van der Waals surface area contributed by atoms with Gasteiger partial charge < -0.3 is 41.9 Å². The Balaban J connectivity index is 2.10. The van der Waals surface area contributed by atoms with E-state index in [1.807, 2.05) is 37.3 Å². The molecule has 2 atom stereocenters. The summed E-state index contributed by atoms with van der Waals surface area (Å²) >= 11 is 0. The van der Waals surface area contributed by atoms with Crippen LogP contribution in [0.15, 0.2) is 70.9 Å². The number of terminal acetylenes is 1. The van der Waals surface area contributed by atoms with Crippen LogP contribution >= 0.6 is 17.2 Å². The molecule has 2 aromatic rings. The Hall–Kier alpha value is -3.70. The van der Waals surface area contributed by atoms with Gasteiger partial charge in [0, 0.05) is 33.2 Å². The minimum Gasteiger partial charge on any atom is -0.508 e. The van der Waals surface area contributed by atoms with Crippen molar-refractivity contribution in [3.63, 3.8) is 0 Å². The SMILES string of the molecule is C#CC(/C(OP1OCC(C)(C)CO1)=C(\C=C(/C)OC)C(C)(C)C)c1cc(OC)cc(C(C)(C)C)c1OP1OC/C(C(C)(C)C)=C\C(O)=C/Cc2cc(OC)cc(C(C)(C)C)c2O1. The highest BCUT2D eigenvalue weighted by atomic mass is 31.2. The third-order valence-electron chi connectivity index (χ3n) is 10.6.